The fourth-order valence-corrected chi connectivity index (χ4v) is 1.68. The van der Waals surface area contributed by atoms with Gasteiger partial charge in [-0.05, 0) is 31.0 Å². The van der Waals surface area contributed by atoms with Crippen LogP contribution in [0.3, 0.4) is 0 Å². The number of rotatable bonds is 9. The van der Waals surface area contributed by atoms with E-state index in [2.05, 4.69) is 5.32 Å². The van der Waals surface area contributed by atoms with Crippen LogP contribution in [0.4, 0.5) is 0 Å². The highest BCUT2D eigenvalue weighted by Gasteiger charge is 2.18. The maximum Gasteiger partial charge on any atom is 0.339 e. The van der Waals surface area contributed by atoms with Gasteiger partial charge in [0, 0.05) is 13.7 Å². The van der Waals surface area contributed by atoms with Crippen molar-refractivity contribution in [3.63, 3.8) is 0 Å². The van der Waals surface area contributed by atoms with Crippen LogP contribution in [-0.4, -0.2) is 44.8 Å². The molecule has 1 atom stereocenters. The Labute approximate surface area is 137 Å². The molecule has 128 valence electrons. The summed E-state index contributed by atoms with van der Waals surface area (Å²) in [6.45, 7) is 6.96. The van der Waals surface area contributed by atoms with Crippen molar-refractivity contribution in [1.29, 1.82) is 0 Å². The molecule has 1 N–H and O–H groups in total. The second-order valence-electron chi connectivity index (χ2n) is 5.56. The number of amides is 1. The summed E-state index contributed by atoms with van der Waals surface area (Å²) in [7, 11) is 1.55. The molecular formula is C17H25NO5. The van der Waals surface area contributed by atoms with Gasteiger partial charge in [-0.25, -0.2) is 4.79 Å². The molecule has 6 nitrogen and oxygen atoms in total. The summed E-state index contributed by atoms with van der Waals surface area (Å²) in [5.41, 5.74) is 0.350. The fraction of sp³-hybridized carbons (Fsp3) is 0.529. The van der Waals surface area contributed by atoms with E-state index in [0.717, 1.165) is 0 Å². The average Bonchev–Trinajstić information content (AvgIpc) is 2.53. The van der Waals surface area contributed by atoms with Gasteiger partial charge in [-0.1, -0.05) is 19.9 Å². The molecule has 0 radical (unpaired) electrons. The number of ether oxygens (including phenoxy) is 3. The van der Waals surface area contributed by atoms with E-state index in [4.69, 9.17) is 14.2 Å². The van der Waals surface area contributed by atoms with Crippen LogP contribution < -0.4 is 10.1 Å². The molecule has 1 rings (SSSR count). The van der Waals surface area contributed by atoms with Crippen LogP contribution in [-0.2, 0) is 14.3 Å². The van der Waals surface area contributed by atoms with E-state index >= 15 is 0 Å². The number of esters is 1. The molecule has 1 amide bonds. The number of carbonyl (C=O) groups excluding carboxylic acids is 2. The van der Waals surface area contributed by atoms with Crippen LogP contribution in [0.15, 0.2) is 24.3 Å². The Morgan fingerprint density at radius 1 is 1.22 bits per heavy atom. The number of nitrogens with one attached hydrogen (secondary N) is 1. The topological polar surface area (TPSA) is 73.9 Å². The van der Waals surface area contributed by atoms with Gasteiger partial charge in [0.25, 0.3) is 5.91 Å². The molecule has 0 spiro atoms. The Morgan fingerprint density at radius 3 is 2.61 bits per heavy atom. The molecule has 0 heterocycles. The first-order valence-electron chi connectivity index (χ1n) is 7.64. The summed E-state index contributed by atoms with van der Waals surface area (Å²) < 4.78 is 15.6. The van der Waals surface area contributed by atoms with Gasteiger partial charge in [0.05, 0.1) is 18.8 Å². The first-order chi connectivity index (χ1) is 10.9. The third kappa shape index (κ3) is 7.15. The Bertz CT molecular complexity index is 515. The third-order valence-corrected chi connectivity index (χ3v) is 2.91. The second-order valence-corrected chi connectivity index (χ2v) is 5.56. The quantitative estimate of drug-likeness (QED) is 0.556. The number of methoxy groups -OCH3 is 1. The fourth-order valence-electron chi connectivity index (χ4n) is 1.68. The van der Waals surface area contributed by atoms with Crippen molar-refractivity contribution in [2.24, 2.45) is 5.92 Å². The summed E-state index contributed by atoms with van der Waals surface area (Å²) in [5, 5.41) is 2.62. The SMILES string of the molecule is COCCNC(=O)[C@H](C)OC(=O)c1cccc(OCC(C)C)c1. The van der Waals surface area contributed by atoms with Crippen LogP contribution in [0.5, 0.6) is 5.75 Å². The Hall–Kier alpha value is -2.08. The lowest BCUT2D eigenvalue weighted by atomic mass is 10.2. The lowest BCUT2D eigenvalue weighted by Crippen LogP contribution is -2.37. The zero-order chi connectivity index (χ0) is 17.2. The molecule has 0 aliphatic heterocycles. The normalized spacial score (nSPS) is 11.9. The first-order valence-corrected chi connectivity index (χ1v) is 7.64. The Balaban J connectivity index is 2.56. The summed E-state index contributed by atoms with van der Waals surface area (Å²) in [4.78, 5) is 23.9. The van der Waals surface area contributed by atoms with E-state index in [1.807, 2.05) is 13.8 Å². The van der Waals surface area contributed by atoms with Crippen molar-refractivity contribution in [3.8, 4) is 5.75 Å². The lowest BCUT2D eigenvalue weighted by molar-refractivity contribution is -0.129. The number of hydrogen-bond acceptors (Lipinski definition) is 5. The smallest absolute Gasteiger partial charge is 0.339 e. The van der Waals surface area contributed by atoms with E-state index in [9.17, 15) is 9.59 Å². The van der Waals surface area contributed by atoms with Gasteiger partial charge in [0.15, 0.2) is 6.10 Å². The number of hydrogen-bond donors (Lipinski definition) is 1. The molecular weight excluding hydrogens is 298 g/mol. The minimum absolute atomic E-state index is 0.350. The highest BCUT2D eigenvalue weighted by atomic mass is 16.5. The molecule has 0 aliphatic carbocycles. The maximum absolute atomic E-state index is 12.1. The molecule has 1 aromatic rings. The van der Waals surface area contributed by atoms with E-state index in [-0.39, 0.29) is 5.91 Å². The summed E-state index contributed by atoms with van der Waals surface area (Å²) >= 11 is 0. The van der Waals surface area contributed by atoms with E-state index in [1.165, 1.54) is 6.92 Å². The molecule has 0 aliphatic rings. The van der Waals surface area contributed by atoms with Crippen molar-refractivity contribution < 1.29 is 23.8 Å². The molecule has 1 aromatic carbocycles. The van der Waals surface area contributed by atoms with Gasteiger partial charge in [-0.2, -0.15) is 0 Å². The third-order valence-electron chi connectivity index (χ3n) is 2.91. The Kier molecular flexibility index (Phi) is 8.11. The zero-order valence-corrected chi connectivity index (χ0v) is 14.1. The van der Waals surface area contributed by atoms with Gasteiger partial charge in [-0.15, -0.1) is 0 Å². The number of benzene rings is 1. The van der Waals surface area contributed by atoms with Gasteiger partial charge >= 0.3 is 5.97 Å². The molecule has 23 heavy (non-hydrogen) atoms. The minimum Gasteiger partial charge on any atom is -0.493 e. The maximum atomic E-state index is 12.1. The zero-order valence-electron chi connectivity index (χ0n) is 14.1. The van der Waals surface area contributed by atoms with Crippen LogP contribution in [0.1, 0.15) is 31.1 Å². The van der Waals surface area contributed by atoms with Crippen LogP contribution in [0.2, 0.25) is 0 Å². The van der Waals surface area contributed by atoms with Crippen molar-refractivity contribution in [1.82, 2.24) is 5.32 Å². The van der Waals surface area contributed by atoms with Crippen molar-refractivity contribution in [2.75, 3.05) is 26.9 Å². The molecule has 6 heteroatoms. The monoisotopic (exact) mass is 323 g/mol. The minimum atomic E-state index is -0.875. The molecule has 0 saturated heterocycles. The summed E-state index contributed by atoms with van der Waals surface area (Å²) in [6.07, 6.45) is -0.875. The van der Waals surface area contributed by atoms with Crippen LogP contribution >= 0.6 is 0 Å². The molecule has 0 fully saturated rings. The molecule has 0 unspecified atom stereocenters. The van der Waals surface area contributed by atoms with Crippen LogP contribution in [0.25, 0.3) is 0 Å². The van der Waals surface area contributed by atoms with Gasteiger partial charge in [0.2, 0.25) is 0 Å². The Morgan fingerprint density at radius 2 is 1.96 bits per heavy atom. The van der Waals surface area contributed by atoms with Gasteiger partial charge in [0.1, 0.15) is 5.75 Å². The van der Waals surface area contributed by atoms with Gasteiger partial charge < -0.3 is 19.5 Å². The van der Waals surface area contributed by atoms with Crippen molar-refractivity contribution in [2.45, 2.75) is 26.9 Å². The van der Waals surface area contributed by atoms with Gasteiger partial charge in [-0.3, -0.25) is 4.79 Å². The summed E-state index contributed by atoms with van der Waals surface area (Å²) in [5.74, 6) is 0.0729. The predicted molar refractivity (Wildman–Crippen MR) is 86.5 cm³/mol. The average molecular weight is 323 g/mol. The van der Waals surface area contributed by atoms with E-state index in [1.54, 1.807) is 31.4 Å². The molecule has 0 bridgehead atoms. The highest BCUT2D eigenvalue weighted by Crippen LogP contribution is 2.15. The second kappa shape index (κ2) is 9.84. The summed E-state index contributed by atoms with van der Waals surface area (Å²) in [6, 6.07) is 6.73. The van der Waals surface area contributed by atoms with Crippen molar-refractivity contribution >= 4 is 11.9 Å². The molecule has 0 saturated carbocycles. The largest absolute Gasteiger partial charge is 0.493 e. The van der Waals surface area contributed by atoms with E-state index < -0.39 is 12.1 Å². The van der Waals surface area contributed by atoms with Crippen molar-refractivity contribution in [3.05, 3.63) is 29.8 Å². The van der Waals surface area contributed by atoms with Crippen LogP contribution in [0, 0.1) is 5.92 Å². The van der Waals surface area contributed by atoms with E-state index in [0.29, 0.717) is 37.0 Å². The standard InChI is InChI=1S/C17H25NO5/c1-12(2)11-22-15-7-5-6-14(10-15)17(20)23-13(3)16(19)18-8-9-21-4/h5-7,10,12-13H,8-9,11H2,1-4H3,(H,18,19)/t13-/m0/s1. The molecule has 0 aromatic heterocycles. The predicted octanol–water partition coefficient (Wildman–Crippen LogP) is 2.03. The first kappa shape index (κ1) is 19.0. The number of carbonyl (C=O) groups is 2. The lowest BCUT2D eigenvalue weighted by Gasteiger charge is -2.14. The highest BCUT2D eigenvalue weighted by molar-refractivity contribution is 5.92.